The van der Waals surface area contributed by atoms with Gasteiger partial charge in [-0.15, -0.1) is 6.58 Å². The third kappa shape index (κ3) is 3.64. The van der Waals surface area contributed by atoms with Crippen LogP contribution in [0, 0.1) is 5.82 Å². The molecule has 1 aromatic rings. The van der Waals surface area contributed by atoms with Crippen molar-refractivity contribution in [2.75, 3.05) is 6.61 Å². The van der Waals surface area contributed by atoms with Crippen LogP contribution in [-0.4, -0.2) is 17.8 Å². The number of hydrogen-bond donors (Lipinski definition) is 0. The molecule has 1 heterocycles. The molecule has 3 heteroatoms. The summed E-state index contributed by atoms with van der Waals surface area (Å²) in [4.78, 5) is 0. The van der Waals surface area contributed by atoms with Gasteiger partial charge in [0.25, 0.3) is 0 Å². The molecule has 0 amide bonds. The summed E-state index contributed by atoms with van der Waals surface area (Å²) in [5, 5.41) is 0. The summed E-state index contributed by atoms with van der Waals surface area (Å²) in [5.74, 6) is -0.225. The summed E-state index contributed by atoms with van der Waals surface area (Å²) in [6, 6.07) is 6.37. The van der Waals surface area contributed by atoms with Crippen molar-refractivity contribution < 1.29 is 13.9 Å². The Morgan fingerprint density at radius 1 is 1.32 bits per heavy atom. The van der Waals surface area contributed by atoms with Gasteiger partial charge in [-0.2, -0.15) is 0 Å². The Morgan fingerprint density at radius 3 is 2.58 bits per heavy atom. The normalized spacial score (nSPS) is 30.5. The van der Waals surface area contributed by atoms with Gasteiger partial charge in [-0.05, 0) is 44.4 Å². The van der Waals surface area contributed by atoms with Gasteiger partial charge in [0.2, 0.25) is 0 Å². The summed E-state index contributed by atoms with van der Waals surface area (Å²) < 4.78 is 24.5. The van der Waals surface area contributed by atoms with Crippen LogP contribution in [0.4, 0.5) is 4.39 Å². The Bertz CT molecular complexity index is 443. The molecule has 0 saturated carbocycles. The smallest absolute Gasteiger partial charge is 0.123 e. The maximum Gasteiger partial charge on any atom is 0.123 e. The van der Waals surface area contributed by atoms with Crippen molar-refractivity contribution in [3.05, 3.63) is 48.3 Å². The lowest BCUT2D eigenvalue weighted by molar-refractivity contribution is -0.104. The van der Waals surface area contributed by atoms with Crippen LogP contribution < -0.4 is 0 Å². The van der Waals surface area contributed by atoms with E-state index in [1.807, 2.05) is 13.0 Å². The van der Waals surface area contributed by atoms with Crippen LogP contribution in [0.3, 0.4) is 0 Å². The van der Waals surface area contributed by atoms with Crippen molar-refractivity contribution in [2.24, 2.45) is 0 Å². The Morgan fingerprint density at radius 2 is 2.00 bits per heavy atom. The fourth-order valence-electron chi connectivity index (χ4n) is 2.39. The first-order chi connectivity index (χ1) is 8.95. The molecular formula is C16H21FO2. The molecule has 104 valence electrons. The number of ether oxygens (including phenoxy) is 2. The maximum atomic E-state index is 12.8. The lowest BCUT2D eigenvalue weighted by Gasteiger charge is -2.28. The van der Waals surface area contributed by atoms with Gasteiger partial charge >= 0.3 is 0 Å². The van der Waals surface area contributed by atoms with E-state index < -0.39 is 0 Å². The maximum absolute atomic E-state index is 12.8. The van der Waals surface area contributed by atoms with E-state index in [1.54, 1.807) is 12.1 Å². The molecule has 0 aromatic heterocycles. The second kappa shape index (κ2) is 5.43. The lowest BCUT2D eigenvalue weighted by atomic mass is 9.99. The molecule has 1 saturated heterocycles. The van der Waals surface area contributed by atoms with Gasteiger partial charge in [-0.25, -0.2) is 4.39 Å². The van der Waals surface area contributed by atoms with Crippen molar-refractivity contribution >= 4 is 0 Å². The van der Waals surface area contributed by atoms with Crippen molar-refractivity contribution in [3.8, 4) is 0 Å². The SMILES string of the molecule is C=CC1(C)CCC(C)(COCc2ccc(F)cc2)O1. The van der Waals surface area contributed by atoms with E-state index >= 15 is 0 Å². The van der Waals surface area contributed by atoms with Crippen LogP contribution in [0.25, 0.3) is 0 Å². The van der Waals surface area contributed by atoms with Gasteiger partial charge < -0.3 is 9.47 Å². The molecule has 2 nitrogen and oxygen atoms in total. The third-order valence-corrected chi connectivity index (χ3v) is 3.65. The van der Waals surface area contributed by atoms with Crippen LogP contribution in [0.5, 0.6) is 0 Å². The lowest BCUT2D eigenvalue weighted by Crippen LogP contribution is -2.34. The first-order valence-electron chi connectivity index (χ1n) is 6.61. The molecule has 0 N–H and O–H groups in total. The van der Waals surface area contributed by atoms with Crippen molar-refractivity contribution in [2.45, 2.75) is 44.5 Å². The summed E-state index contributed by atoms with van der Waals surface area (Å²) in [5.41, 5.74) is 0.464. The van der Waals surface area contributed by atoms with Crippen molar-refractivity contribution in [1.82, 2.24) is 0 Å². The predicted octanol–water partition coefficient (Wildman–Crippen LogP) is 3.86. The summed E-state index contributed by atoms with van der Waals surface area (Å²) in [6.45, 7) is 8.94. The average molecular weight is 264 g/mol. The van der Waals surface area contributed by atoms with Gasteiger partial charge in [0, 0.05) is 0 Å². The Balaban J connectivity index is 1.83. The van der Waals surface area contributed by atoms with E-state index in [0.717, 1.165) is 18.4 Å². The zero-order valence-corrected chi connectivity index (χ0v) is 11.6. The zero-order chi connectivity index (χ0) is 13.9. The highest BCUT2D eigenvalue weighted by Gasteiger charge is 2.41. The van der Waals surface area contributed by atoms with Crippen LogP contribution in [0.1, 0.15) is 32.3 Å². The summed E-state index contributed by atoms with van der Waals surface area (Å²) >= 11 is 0. The van der Waals surface area contributed by atoms with Crippen LogP contribution in [0.2, 0.25) is 0 Å². The molecule has 0 aliphatic carbocycles. The molecule has 1 aromatic carbocycles. The number of rotatable bonds is 5. The second-order valence-electron chi connectivity index (χ2n) is 5.69. The van der Waals surface area contributed by atoms with Gasteiger partial charge in [-0.3, -0.25) is 0 Å². The van der Waals surface area contributed by atoms with Gasteiger partial charge in [0.15, 0.2) is 0 Å². The van der Waals surface area contributed by atoms with E-state index in [4.69, 9.17) is 9.47 Å². The first-order valence-corrected chi connectivity index (χ1v) is 6.61. The Labute approximate surface area is 114 Å². The van der Waals surface area contributed by atoms with Gasteiger partial charge in [-0.1, -0.05) is 18.2 Å². The van der Waals surface area contributed by atoms with Crippen molar-refractivity contribution in [1.29, 1.82) is 0 Å². The summed E-state index contributed by atoms with van der Waals surface area (Å²) in [7, 11) is 0. The Hall–Kier alpha value is -1.19. The largest absolute Gasteiger partial charge is 0.374 e. The quantitative estimate of drug-likeness (QED) is 0.752. The van der Waals surface area contributed by atoms with Crippen LogP contribution in [-0.2, 0) is 16.1 Å². The molecule has 2 rings (SSSR count). The molecule has 2 atom stereocenters. The fourth-order valence-corrected chi connectivity index (χ4v) is 2.39. The highest BCUT2D eigenvalue weighted by atomic mass is 19.1. The molecule has 1 aliphatic rings. The number of benzene rings is 1. The molecule has 1 aliphatic heterocycles. The molecule has 0 radical (unpaired) electrons. The van der Waals surface area contributed by atoms with E-state index in [0.29, 0.717) is 13.2 Å². The van der Waals surface area contributed by atoms with Crippen LogP contribution in [0.15, 0.2) is 36.9 Å². The van der Waals surface area contributed by atoms with Crippen LogP contribution >= 0.6 is 0 Å². The molecule has 0 bridgehead atoms. The van der Waals surface area contributed by atoms with E-state index in [-0.39, 0.29) is 17.0 Å². The molecule has 19 heavy (non-hydrogen) atoms. The molecule has 0 spiro atoms. The zero-order valence-electron chi connectivity index (χ0n) is 11.6. The van der Waals surface area contributed by atoms with Gasteiger partial charge in [0.1, 0.15) is 5.82 Å². The summed E-state index contributed by atoms with van der Waals surface area (Å²) in [6.07, 6.45) is 3.78. The Kier molecular flexibility index (Phi) is 4.07. The van der Waals surface area contributed by atoms with Gasteiger partial charge in [0.05, 0.1) is 24.4 Å². The monoisotopic (exact) mass is 264 g/mol. The third-order valence-electron chi connectivity index (χ3n) is 3.65. The molecule has 2 unspecified atom stereocenters. The number of halogens is 1. The molecular weight excluding hydrogens is 243 g/mol. The topological polar surface area (TPSA) is 18.5 Å². The fraction of sp³-hybridized carbons (Fsp3) is 0.500. The highest BCUT2D eigenvalue weighted by molar-refractivity contribution is 5.15. The second-order valence-corrected chi connectivity index (χ2v) is 5.69. The predicted molar refractivity (Wildman–Crippen MR) is 73.4 cm³/mol. The minimum Gasteiger partial charge on any atom is -0.374 e. The molecule has 1 fully saturated rings. The van der Waals surface area contributed by atoms with Crippen molar-refractivity contribution in [3.63, 3.8) is 0 Å². The number of hydrogen-bond acceptors (Lipinski definition) is 2. The van der Waals surface area contributed by atoms with E-state index in [1.165, 1.54) is 12.1 Å². The minimum absolute atomic E-state index is 0.225. The first kappa shape index (κ1) is 14.2. The van der Waals surface area contributed by atoms with E-state index in [9.17, 15) is 4.39 Å². The van der Waals surface area contributed by atoms with E-state index in [2.05, 4.69) is 13.5 Å². The minimum atomic E-state index is -0.261. The standard InChI is InChI=1S/C16H21FO2/c1-4-15(2)9-10-16(3,19-15)12-18-11-13-5-7-14(17)8-6-13/h4-8H,1,9-12H2,2-3H3. The highest BCUT2D eigenvalue weighted by Crippen LogP contribution is 2.38. The average Bonchev–Trinajstić information content (AvgIpc) is 2.69.